The molecule has 3 aromatic rings. The molecule has 25 heavy (non-hydrogen) atoms. The standard InChI is InChI=1S/C18H19N3O3S/c1-18(2,3)13-9-12(17(23)24-4)16(25-13)20-15(22)11-5-6-14-19-7-8-21(14)10-11/h5-10H,1-4H3,(H,20,22). The number of nitrogens with zero attached hydrogens (tertiary/aromatic N) is 2. The van der Waals surface area contributed by atoms with Crippen LogP contribution in [-0.2, 0) is 10.2 Å². The van der Waals surface area contributed by atoms with E-state index in [1.165, 1.54) is 18.4 Å². The summed E-state index contributed by atoms with van der Waals surface area (Å²) in [5, 5.41) is 3.33. The molecule has 0 spiro atoms. The molecule has 6 nitrogen and oxygen atoms in total. The van der Waals surface area contributed by atoms with Crippen molar-refractivity contribution < 1.29 is 14.3 Å². The molecule has 3 aromatic heterocycles. The predicted octanol–water partition coefficient (Wildman–Crippen LogP) is 3.73. The summed E-state index contributed by atoms with van der Waals surface area (Å²) >= 11 is 1.39. The fraction of sp³-hybridized carbons (Fsp3) is 0.278. The number of pyridine rings is 1. The second kappa shape index (κ2) is 6.33. The summed E-state index contributed by atoms with van der Waals surface area (Å²) in [6, 6.07) is 5.25. The molecule has 7 heteroatoms. The smallest absolute Gasteiger partial charge is 0.340 e. The van der Waals surface area contributed by atoms with Gasteiger partial charge >= 0.3 is 5.97 Å². The number of thiophene rings is 1. The van der Waals surface area contributed by atoms with E-state index in [0.29, 0.717) is 16.1 Å². The van der Waals surface area contributed by atoms with E-state index in [-0.39, 0.29) is 11.3 Å². The van der Waals surface area contributed by atoms with Gasteiger partial charge in [-0.3, -0.25) is 4.79 Å². The highest BCUT2D eigenvalue weighted by Crippen LogP contribution is 2.36. The lowest BCUT2D eigenvalue weighted by Crippen LogP contribution is -2.14. The van der Waals surface area contributed by atoms with Gasteiger partial charge in [-0.15, -0.1) is 11.3 Å². The van der Waals surface area contributed by atoms with E-state index in [4.69, 9.17) is 4.74 Å². The summed E-state index contributed by atoms with van der Waals surface area (Å²) in [6.07, 6.45) is 5.14. The van der Waals surface area contributed by atoms with Crippen LogP contribution in [0.1, 0.15) is 46.4 Å². The van der Waals surface area contributed by atoms with Gasteiger partial charge in [-0.25, -0.2) is 9.78 Å². The number of carbonyl (C=O) groups is 2. The number of carbonyl (C=O) groups excluding carboxylic acids is 2. The van der Waals surface area contributed by atoms with Gasteiger partial charge in [0.1, 0.15) is 10.6 Å². The molecule has 0 atom stereocenters. The Kier molecular flexibility index (Phi) is 4.34. The molecule has 130 valence electrons. The number of fused-ring (bicyclic) bond motifs is 1. The lowest BCUT2D eigenvalue weighted by molar-refractivity contribution is 0.0602. The van der Waals surface area contributed by atoms with Crippen molar-refractivity contribution in [3.63, 3.8) is 0 Å². The summed E-state index contributed by atoms with van der Waals surface area (Å²) < 4.78 is 6.61. The van der Waals surface area contributed by atoms with Gasteiger partial charge in [0.05, 0.1) is 18.2 Å². The van der Waals surface area contributed by atoms with Crippen molar-refractivity contribution in [2.45, 2.75) is 26.2 Å². The molecule has 0 radical (unpaired) electrons. The Morgan fingerprint density at radius 1 is 1.28 bits per heavy atom. The van der Waals surface area contributed by atoms with Crippen LogP contribution in [0.2, 0.25) is 0 Å². The van der Waals surface area contributed by atoms with Crippen LogP contribution in [0.15, 0.2) is 36.8 Å². The van der Waals surface area contributed by atoms with Crippen molar-refractivity contribution in [3.05, 3.63) is 52.8 Å². The minimum atomic E-state index is -0.466. The molecular weight excluding hydrogens is 338 g/mol. The number of hydrogen-bond donors (Lipinski definition) is 1. The molecule has 1 N–H and O–H groups in total. The van der Waals surface area contributed by atoms with Gasteiger partial charge in [0.15, 0.2) is 0 Å². The second-order valence-corrected chi connectivity index (χ2v) is 7.71. The fourth-order valence-corrected chi connectivity index (χ4v) is 3.44. The maximum Gasteiger partial charge on any atom is 0.340 e. The Bertz CT molecular complexity index is 950. The summed E-state index contributed by atoms with van der Waals surface area (Å²) in [5.41, 5.74) is 1.48. The molecule has 0 aliphatic rings. The first-order valence-electron chi connectivity index (χ1n) is 7.76. The van der Waals surface area contributed by atoms with E-state index in [9.17, 15) is 9.59 Å². The number of ether oxygens (including phenoxy) is 1. The summed E-state index contributed by atoms with van der Waals surface area (Å²) in [6.45, 7) is 6.16. The second-order valence-electron chi connectivity index (χ2n) is 6.66. The molecule has 0 fully saturated rings. The lowest BCUT2D eigenvalue weighted by atomic mass is 9.94. The molecule has 3 heterocycles. The number of anilines is 1. The zero-order chi connectivity index (χ0) is 18.2. The first kappa shape index (κ1) is 17.2. The van der Waals surface area contributed by atoms with Crippen molar-refractivity contribution in [2.75, 3.05) is 12.4 Å². The molecule has 1 amide bonds. The van der Waals surface area contributed by atoms with Gasteiger partial charge in [0, 0.05) is 23.5 Å². The molecule has 0 aromatic carbocycles. The summed E-state index contributed by atoms with van der Waals surface area (Å²) in [4.78, 5) is 29.8. The topological polar surface area (TPSA) is 72.7 Å². The number of nitrogens with one attached hydrogen (secondary N) is 1. The average Bonchev–Trinajstić information content (AvgIpc) is 3.19. The van der Waals surface area contributed by atoms with E-state index in [1.807, 2.05) is 0 Å². The van der Waals surface area contributed by atoms with Gasteiger partial charge in [0.2, 0.25) is 0 Å². The number of esters is 1. The number of rotatable bonds is 3. The van der Waals surface area contributed by atoms with Crippen LogP contribution < -0.4 is 5.32 Å². The van der Waals surface area contributed by atoms with E-state index >= 15 is 0 Å². The summed E-state index contributed by atoms with van der Waals surface area (Å²) in [7, 11) is 1.33. The van der Waals surface area contributed by atoms with Gasteiger partial charge in [-0.05, 0) is 23.6 Å². The van der Waals surface area contributed by atoms with Crippen LogP contribution in [0.5, 0.6) is 0 Å². The van der Waals surface area contributed by atoms with E-state index < -0.39 is 5.97 Å². The van der Waals surface area contributed by atoms with Crippen molar-refractivity contribution in [1.29, 1.82) is 0 Å². The Labute approximate surface area is 149 Å². The highest BCUT2D eigenvalue weighted by molar-refractivity contribution is 7.16. The normalized spacial score (nSPS) is 11.5. The molecular formula is C18H19N3O3S. The molecule has 0 saturated carbocycles. The third kappa shape index (κ3) is 3.41. The Morgan fingerprint density at radius 2 is 2.04 bits per heavy atom. The highest BCUT2D eigenvalue weighted by Gasteiger charge is 2.24. The molecule has 0 unspecified atom stereocenters. The predicted molar refractivity (Wildman–Crippen MR) is 97.5 cm³/mol. The first-order valence-corrected chi connectivity index (χ1v) is 8.58. The van der Waals surface area contributed by atoms with Gasteiger partial charge in [-0.2, -0.15) is 0 Å². The quantitative estimate of drug-likeness (QED) is 0.725. The van der Waals surface area contributed by atoms with E-state index in [0.717, 1.165) is 10.5 Å². The Hall–Kier alpha value is -2.67. The number of amides is 1. The van der Waals surface area contributed by atoms with Gasteiger partial charge in [-0.1, -0.05) is 20.8 Å². The fourth-order valence-electron chi connectivity index (χ4n) is 2.34. The maximum absolute atomic E-state index is 12.6. The third-order valence-corrected chi connectivity index (χ3v) is 5.23. The zero-order valence-electron chi connectivity index (χ0n) is 14.5. The highest BCUT2D eigenvalue weighted by atomic mass is 32.1. The Balaban J connectivity index is 1.94. The van der Waals surface area contributed by atoms with E-state index in [1.54, 1.807) is 41.2 Å². The SMILES string of the molecule is COC(=O)c1cc(C(C)(C)C)sc1NC(=O)c1ccc2nccn2c1. The van der Waals surface area contributed by atoms with Crippen LogP contribution >= 0.6 is 11.3 Å². The van der Waals surface area contributed by atoms with Gasteiger partial charge in [0.25, 0.3) is 5.91 Å². The number of methoxy groups -OCH3 is 1. The van der Waals surface area contributed by atoms with Crippen molar-refractivity contribution in [1.82, 2.24) is 9.38 Å². The summed E-state index contributed by atoms with van der Waals surface area (Å²) in [5.74, 6) is -0.754. The number of aromatic nitrogens is 2. The monoisotopic (exact) mass is 357 g/mol. The van der Waals surface area contributed by atoms with Crippen molar-refractivity contribution in [3.8, 4) is 0 Å². The Morgan fingerprint density at radius 3 is 2.72 bits per heavy atom. The first-order chi connectivity index (χ1) is 11.8. The van der Waals surface area contributed by atoms with Crippen LogP contribution in [0.4, 0.5) is 5.00 Å². The van der Waals surface area contributed by atoms with Crippen LogP contribution in [0.3, 0.4) is 0 Å². The molecule has 3 rings (SSSR count). The number of imidazole rings is 1. The molecule has 0 aliphatic carbocycles. The zero-order valence-corrected chi connectivity index (χ0v) is 15.3. The van der Waals surface area contributed by atoms with Crippen molar-refractivity contribution >= 4 is 33.9 Å². The third-order valence-electron chi connectivity index (χ3n) is 3.75. The average molecular weight is 357 g/mol. The van der Waals surface area contributed by atoms with Crippen LogP contribution in [-0.4, -0.2) is 28.4 Å². The van der Waals surface area contributed by atoms with Crippen LogP contribution in [0, 0.1) is 0 Å². The minimum absolute atomic E-state index is 0.133. The maximum atomic E-state index is 12.6. The van der Waals surface area contributed by atoms with Crippen LogP contribution in [0.25, 0.3) is 5.65 Å². The molecule has 0 saturated heterocycles. The molecule has 0 aliphatic heterocycles. The van der Waals surface area contributed by atoms with Crippen molar-refractivity contribution in [2.24, 2.45) is 0 Å². The lowest BCUT2D eigenvalue weighted by Gasteiger charge is -2.15. The van der Waals surface area contributed by atoms with E-state index in [2.05, 4.69) is 31.1 Å². The molecule has 0 bridgehead atoms. The number of hydrogen-bond acceptors (Lipinski definition) is 5. The van der Waals surface area contributed by atoms with Gasteiger partial charge < -0.3 is 14.5 Å². The minimum Gasteiger partial charge on any atom is -0.465 e. The largest absolute Gasteiger partial charge is 0.465 e.